The van der Waals surface area contributed by atoms with E-state index in [-0.39, 0.29) is 11.5 Å². The Labute approximate surface area is 99.3 Å². The molecule has 4 heteroatoms. The largest absolute Gasteiger partial charge is 0.465 e. The highest BCUT2D eigenvalue weighted by molar-refractivity contribution is 5.91. The summed E-state index contributed by atoms with van der Waals surface area (Å²) in [6, 6.07) is 5.43. The molecule has 0 bridgehead atoms. The van der Waals surface area contributed by atoms with Crippen molar-refractivity contribution in [3.8, 4) is 0 Å². The van der Waals surface area contributed by atoms with E-state index >= 15 is 0 Å². The van der Waals surface area contributed by atoms with Crippen LogP contribution in [0, 0.1) is 6.92 Å². The molecule has 0 saturated heterocycles. The van der Waals surface area contributed by atoms with Crippen LogP contribution >= 0.6 is 0 Å². The van der Waals surface area contributed by atoms with E-state index in [1.54, 1.807) is 12.1 Å². The zero-order valence-electron chi connectivity index (χ0n) is 9.82. The summed E-state index contributed by atoms with van der Waals surface area (Å²) in [6.07, 6.45) is 3.34. The van der Waals surface area contributed by atoms with Gasteiger partial charge in [0, 0.05) is 0 Å². The van der Waals surface area contributed by atoms with Crippen molar-refractivity contribution < 1.29 is 14.3 Å². The van der Waals surface area contributed by atoms with Crippen molar-refractivity contribution in [2.24, 2.45) is 4.99 Å². The second-order valence-electron chi connectivity index (χ2n) is 4.26. The summed E-state index contributed by atoms with van der Waals surface area (Å²) in [5.41, 5.74) is 1.95. The maximum Gasteiger partial charge on any atom is 0.338 e. The van der Waals surface area contributed by atoms with Gasteiger partial charge in [0.05, 0.1) is 18.2 Å². The molecule has 2 rings (SSSR count). The van der Waals surface area contributed by atoms with Crippen LogP contribution in [0.25, 0.3) is 0 Å². The lowest BCUT2D eigenvalue weighted by Crippen LogP contribution is -2.07. The molecular weight excluding hydrogens is 218 g/mol. The van der Waals surface area contributed by atoms with Crippen LogP contribution in [0.3, 0.4) is 0 Å². The third kappa shape index (κ3) is 1.99. The number of ether oxygens (including phenoxy) is 1. The van der Waals surface area contributed by atoms with Crippen molar-refractivity contribution in [3.05, 3.63) is 34.9 Å². The van der Waals surface area contributed by atoms with Crippen LogP contribution in [-0.4, -0.2) is 19.2 Å². The number of methoxy groups -OCH3 is 1. The van der Waals surface area contributed by atoms with Crippen LogP contribution in [-0.2, 0) is 15.1 Å². The van der Waals surface area contributed by atoms with Gasteiger partial charge in [-0.15, -0.1) is 0 Å². The molecule has 0 unspecified atom stereocenters. The van der Waals surface area contributed by atoms with E-state index in [2.05, 4.69) is 9.73 Å². The first-order chi connectivity index (χ1) is 8.13. The second-order valence-corrected chi connectivity index (χ2v) is 4.26. The fraction of sp³-hybridized carbons (Fsp3) is 0.385. The molecule has 1 aromatic rings. The number of carbonyl (C=O) groups is 1. The molecule has 88 valence electrons. The highest BCUT2D eigenvalue weighted by Crippen LogP contribution is 2.49. The van der Waals surface area contributed by atoms with Crippen molar-refractivity contribution in [2.45, 2.75) is 25.3 Å². The van der Waals surface area contributed by atoms with Gasteiger partial charge in [0.25, 0.3) is 0 Å². The van der Waals surface area contributed by atoms with Crippen LogP contribution in [0.4, 0.5) is 0 Å². The molecule has 0 atom stereocenters. The van der Waals surface area contributed by atoms with Crippen LogP contribution < -0.4 is 0 Å². The second kappa shape index (κ2) is 4.15. The zero-order chi connectivity index (χ0) is 12.5. The number of nitrogens with zero attached hydrogens (tertiary/aromatic N) is 1. The number of aryl methyl sites for hydroxylation is 1. The molecule has 0 aromatic heterocycles. The van der Waals surface area contributed by atoms with Crippen molar-refractivity contribution >= 4 is 12.0 Å². The fourth-order valence-electron chi connectivity index (χ4n) is 1.96. The monoisotopic (exact) mass is 231 g/mol. The third-order valence-electron chi connectivity index (χ3n) is 3.15. The molecule has 0 N–H and O–H groups in total. The number of hydrogen-bond donors (Lipinski definition) is 0. The van der Waals surface area contributed by atoms with Crippen molar-refractivity contribution in [1.82, 2.24) is 0 Å². The molecule has 0 spiro atoms. The quantitative estimate of drug-likeness (QED) is 0.455. The van der Waals surface area contributed by atoms with Crippen molar-refractivity contribution in [2.75, 3.05) is 7.11 Å². The van der Waals surface area contributed by atoms with Crippen LogP contribution in [0.2, 0.25) is 0 Å². The predicted molar refractivity (Wildman–Crippen MR) is 61.6 cm³/mol. The maximum absolute atomic E-state index is 11.4. The van der Waals surface area contributed by atoms with E-state index in [1.165, 1.54) is 7.11 Å². The van der Waals surface area contributed by atoms with Crippen LogP contribution in [0.5, 0.6) is 0 Å². The van der Waals surface area contributed by atoms with Gasteiger partial charge in [-0.3, -0.25) is 0 Å². The average Bonchev–Trinajstić information content (AvgIpc) is 3.09. The Morgan fingerprint density at radius 2 is 2.18 bits per heavy atom. The fourth-order valence-corrected chi connectivity index (χ4v) is 1.96. The summed E-state index contributed by atoms with van der Waals surface area (Å²) < 4.78 is 4.68. The molecule has 4 nitrogen and oxygen atoms in total. The minimum absolute atomic E-state index is 0.349. The lowest BCUT2D eigenvalue weighted by molar-refractivity contribution is 0.0600. The molecule has 0 amide bonds. The summed E-state index contributed by atoms with van der Waals surface area (Å²) >= 11 is 0. The summed E-state index contributed by atoms with van der Waals surface area (Å²) in [5.74, 6) is -0.349. The molecule has 0 aliphatic heterocycles. The number of isocyanates is 1. The van der Waals surface area contributed by atoms with E-state index in [4.69, 9.17) is 0 Å². The smallest absolute Gasteiger partial charge is 0.338 e. The number of aliphatic imine (C=N–C) groups is 1. The topological polar surface area (TPSA) is 55.7 Å². The number of rotatable bonds is 3. The van der Waals surface area contributed by atoms with Gasteiger partial charge in [0.1, 0.15) is 0 Å². The Morgan fingerprint density at radius 3 is 2.65 bits per heavy atom. The van der Waals surface area contributed by atoms with E-state index in [9.17, 15) is 9.59 Å². The number of esters is 1. The van der Waals surface area contributed by atoms with Gasteiger partial charge in [-0.05, 0) is 37.0 Å². The molecule has 0 radical (unpaired) electrons. The molecule has 1 aromatic carbocycles. The molecule has 1 aliphatic carbocycles. The lowest BCUT2D eigenvalue weighted by atomic mass is 9.99. The van der Waals surface area contributed by atoms with Gasteiger partial charge in [-0.2, -0.15) is 4.99 Å². The first kappa shape index (κ1) is 11.6. The summed E-state index contributed by atoms with van der Waals surface area (Å²) in [7, 11) is 1.36. The van der Waals surface area contributed by atoms with Crippen molar-refractivity contribution in [3.63, 3.8) is 0 Å². The average molecular weight is 231 g/mol. The summed E-state index contributed by atoms with van der Waals surface area (Å²) in [4.78, 5) is 25.7. The van der Waals surface area contributed by atoms with Gasteiger partial charge in [-0.25, -0.2) is 9.59 Å². The van der Waals surface area contributed by atoms with Gasteiger partial charge >= 0.3 is 5.97 Å². The number of benzene rings is 1. The first-order valence-corrected chi connectivity index (χ1v) is 5.41. The summed E-state index contributed by atoms with van der Waals surface area (Å²) in [5, 5.41) is 0. The van der Waals surface area contributed by atoms with E-state index in [0.717, 1.165) is 24.0 Å². The van der Waals surface area contributed by atoms with Crippen molar-refractivity contribution in [1.29, 1.82) is 0 Å². The highest BCUT2D eigenvalue weighted by Gasteiger charge is 2.44. The Morgan fingerprint density at radius 1 is 1.47 bits per heavy atom. The van der Waals surface area contributed by atoms with Gasteiger partial charge in [-0.1, -0.05) is 12.1 Å². The standard InChI is InChI=1S/C13H13NO3/c1-9-7-10(13(5-6-13)14-8-15)3-4-11(9)12(16)17-2/h3-4,7H,5-6H2,1-2H3. The molecular formula is C13H13NO3. The predicted octanol–water partition coefficient (Wildman–Crippen LogP) is 2.11. The molecule has 1 fully saturated rings. The van der Waals surface area contributed by atoms with Gasteiger partial charge in [0.2, 0.25) is 6.08 Å². The molecule has 1 saturated carbocycles. The normalized spacial score (nSPS) is 15.9. The summed E-state index contributed by atoms with van der Waals surface area (Å²) in [6.45, 7) is 1.84. The Hall–Kier alpha value is -1.93. The first-order valence-electron chi connectivity index (χ1n) is 5.41. The Kier molecular flexibility index (Phi) is 2.82. The lowest BCUT2D eigenvalue weighted by Gasteiger charge is -2.11. The van der Waals surface area contributed by atoms with E-state index in [1.807, 2.05) is 19.1 Å². The minimum Gasteiger partial charge on any atom is -0.465 e. The third-order valence-corrected chi connectivity index (χ3v) is 3.15. The maximum atomic E-state index is 11.4. The Balaban J connectivity index is 2.38. The zero-order valence-corrected chi connectivity index (χ0v) is 9.82. The number of carbonyl (C=O) groups excluding carboxylic acids is 2. The number of hydrogen-bond acceptors (Lipinski definition) is 4. The minimum atomic E-state index is -0.388. The van der Waals surface area contributed by atoms with Gasteiger partial charge in [0.15, 0.2) is 0 Å². The SMILES string of the molecule is COC(=O)c1ccc(C2(N=C=O)CC2)cc1C. The van der Waals surface area contributed by atoms with E-state index in [0.29, 0.717) is 5.56 Å². The molecule has 0 heterocycles. The van der Waals surface area contributed by atoms with E-state index < -0.39 is 0 Å². The van der Waals surface area contributed by atoms with Gasteiger partial charge < -0.3 is 4.74 Å². The molecule has 17 heavy (non-hydrogen) atoms. The Bertz CT molecular complexity index is 511. The van der Waals surface area contributed by atoms with Crippen LogP contribution in [0.1, 0.15) is 34.3 Å². The highest BCUT2D eigenvalue weighted by atomic mass is 16.5. The molecule has 1 aliphatic rings. The van der Waals surface area contributed by atoms with Crippen LogP contribution in [0.15, 0.2) is 23.2 Å².